The molecule has 0 saturated heterocycles. The second-order valence-corrected chi connectivity index (χ2v) is 4.92. The Hall–Kier alpha value is -2.08. The first kappa shape index (κ1) is 12.9. The minimum Gasteiger partial charge on any atom is -0.454 e. The molecule has 1 atom stereocenters. The fourth-order valence-electron chi connectivity index (χ4n) is 2.25. The molecule has 0 radical (unpaired) electrons. The lowest BCUT2D eigenvalue weighted by Crippen LogP contribution is -2.10. The molecule has 3 rings (SSSR count). The van der Waals surface area contributed by atoms with Gasteiger partial charge in [0.15, 0.2) is 11.5 Å². The first-order valence-electron chi connectivity index (χ1n) is 6.80. The molecule has 1 aliphatic rings. The Morgan fingerprint density at radius 3 is 3.05 bits per heavy atom. The third-order valence-electron chi connectivity index (χ3n) is 3.32. The van der Waals surface area contributed by atoms with E-state index >= 15 is 0 Å². The first-order valence-corrected chi connectivity index (χ1v) is 6.80. The number of hydrogen-bond donors (Lipinski definition) is 1. The fourth-order valence-corrected chi connectivity index (χ4v) is 2.25. The van der Waals surface area contributed by atoms with Crippen LogP contribution in [0.3, 0.4) is 0 Å². The summed E-state index contributed by atoms with van der Waals surface area (Å²) < 4.78 is 12.5. The van der Waals surface area contributed by atoms with Crippen molar-refractivity contribution in [3.05, 3.63) is 35.7 Å². The van der Waals surface area contributed by atoms with E-state index in [1.807, 2.05) is 24.4 Å². The molecule has 1 unspecified atom stereocenters. The number of rotatable bonds is 5. The van der Waals surface area contributed by atoms with Crippen LogP contribution in [-0.4, -0.2) is 21.8 Å². The summed E-state index contributed by atoms with van der Waals surface area (Å²) in [5.41, 5.74) is 7.97. The van der Waals surface area contributed by atoms with Crippen LogP contribution in [-0.2, 0) is 6.54 Å². The predicted octanol–water partition coefficient (Wildman–Crippen LogP) is 1.85. The Morgan fingerprint density at radius 2 is 2.20 bits per heavy atom. The normalized spacial score (nSPS) is 14.5. The quantitative estimate of drug-likeness (QED) is 0.900. The highest BCUT2D eigenvalue weighted by molar-refractivity contribution is 5.44. The van der Waals surface area contributed by atoms with Crippen molar-refractivity contribution in [2.75, 3.05) is 6.79 Å². The van der Waals surface area contributed by atoms with E-state index in [2.05, 4.69) is 17.2 Å². The van der Waals surface area contributed by atoms with Gasteiger partial charge in [-0.3, -0.25) is 0 Å². The number of nitrogens with two attached hydrogens (primary N) is 1. The van der Waals surface area contributed by atoms with Crippen LogP contribution in [0.5, 0.6) is 11.5 Å². The summed E-state index contributed by atoms with van der Waals surface area (Å²) in [6, 6.07) is 5.85. The predicted molar refractivity (Wildman–Crippen MR) is 73.5 cm³/mol. The Morgan fingerprint density at radius 1 is 1.35 bits per heavy atom. The van der Waals surface area contributed by atoms with Gasteiger partial charge in [-0.05, 0) is 24.1 Å². The van der Waals surface area contributed by atoms with Crippen LogP contribution in [0.2, 0.25) is 0 Å². The number of benzene rings is 1. The molecular formula is C14H18N4O2. The van der Waals surface area contributed by atoms with Crippen molar-refractivity contribution in [1.29, 1.82) is 0 Å². The zero-order valence-corrected chi connectivity index (χ0v) is 11.5. The smallest absolute Gasteiger partial charge is 0.231 e. The van der Waals surface area contributed by atoms with Gasteiger partial charge < -0.3 is 15.2 Å². The summed E-state index contributed by atoms with van der Waals surface area (Å²) in [6.07, 6.45) is 3.86. The number of ether oxygens (including phenoxy) is 2. The molecular weight excluding hydrogens is 256 g/mol. The average molecular weight is 274 g/mol. The van der Waals surface area contributed by atoms with Crippen LogP contribution in [0, 0.1) is 0 Å². The van der Waals surface area contributed by atoms with Crippen LogP contribution in [0.25, 0.3) is 0 Å². The lowest BCUT2D eigenvalue weighted by molar-refractivity contribution is 0.174. The van der Waals surface area contributed by atoms with Gasteiger partial charge in [0.25, 0.3) is 0 Å². The van der Waals surface area contributed by atoms with Gasteiger partial charge in [0.05, 0.1) is 24.5 Å². The first-order chi connectivity index (χ1) is 9.76. The second kappa shape index (κ2) is 5.50. The molecule has 0 aliphatic carbocycles. The van der Waals surface area contributed by atoms with Crippen molar-refractivity contribution in [3.8, 4) is 11.5 Å². The van der Waals surface area contributed by atoms with Gasteiger partial charge >= 0.3 is 0 Å². The Bertz CT molecular complexity index is 597. The molecule has 106 valence electrons. The van der Waals surface area contributed by atoms with Crippen molar-refractivity contribution in [2.24, 2.45) is 5.73 Å². The van der Waals surface area contributed by atoms with Gasteiger partial charge in [0.1, 0.15) is 0 Å². The van der Waals surface area contributed by atoms with Crippen molar-refractivity contribution in [2.45, 2.75) is 32.4 Å². The van der Waals surface area contributed by atoms with Crippen molar-refractivity contribution >= 4 is 0 Å². The van der Waals surface area contributed by atoms with E-state index in [0.717, 1.165) is 35.6 Å². The van der Waals surface area contributed by atoms with E-state index in [0.29, 0.717) is 6.54 Å². The molecule has 2 aromatic rings. The third kappa shape index (κ3) is 2.60. The summed E-state index contributed by atoms with van der Waals surface area (Å²) in [7, 11) is 0. The van der Waals surface area contributed by atoms with Gasteiger partial charge in [-0.2, -0.15) is 0 Å². The molecule has 0 bridgehead atoms. The molecule has 6 nitrogen and oxygen atoms in total. The topological polar surface area (TPSA) is 75.2 Å². The molecule has 1 aromatic heterocycles. The minimum atomic E-state index is -0.0366. The molecule has 2 N–H and O–H groups in total. The monoisotopic (exact) mass is 274 g/mol. The highest BCUT2D eigenvalue weighted by Crippen LogP contribution is 2.32. The largest absolute Gasteiger partial charge is 0.454 e. The standard InChI is InChI=1S/C14H18N4O2/c1-2-3-11(15)12-8-18(17-16-12)7-10-4-5-13-14(6-10)20-9-19-13/h4-6,8,11H,2-3,7,9,15H2,1H3. The Labute approximate surface area is 117 Å². The molecule has 1 aliphatic heterocycles. The van der Waals surface area contributed by atoms with Gasteiger partial charge in [-0.15, -0.1) is 5.10 Å². The molecule has 20 heavy (non-hydrogen) atoms. The number of aromatic nitrogens is 3. The van der Waals surface area contributed by atoms with Gasteiger partial charge in [0, 0.05) is 0 Å². The van der Waals surface area contributed by atoms with Crippen molar-refractivity contribution in [3.63, 3.8) is 0 Å². The zero-order valence-electron chi connectivity index (χ0n) is 11.5. The molecule has 6 heteroatoms. The van der Waals surface area contributed by atoms with Gasteiger partial charge in [0.2, 0.25) is 6.79 Å². The molecule has 0 fully saturated rings. The van der Waals surface area contributed by atoms with E-state index in [4.69, 9.17) is 15.2 Å². The van der Waals surface area contributed by atoms with Crippen LogP contribution in [0.4, 0.5) is 0 Å². The fraction of sp³-hybridized carbons (Fsp3) is 0.429. The minimum absolute atomic E-state index is 0.0366. The Balaban J connectivity index is 1.71. The summed E-state index contributed by atoms with van der Waals surface area (Å²) in [5, 5.41) is 8.26. The highest BCUT2D eigenvalue weighted by Gasteiger charge is 2.14. The number of fused-ring (bicyclic) bond motifs is 1. The number of hydrogen-bond acceptors (Lipinski definition) is 5. The van der Waals surface area contributed by atoms with Gasteiger partial charge in [-0.1, -0.05) is 24.6 Å². The maximum atomic E-state index is 6.03. The van der Waals surface area contributed by atoms with E-state index in [1.165, 1.54) is 0 Å². The molecule has 0 spiro atoms. The summed E-state index contributed by atoms with van der Waals surface area (Å²) in [5.74, 6) is 1.57. The summed E-state index contributed by atoms with van der Waals surface area (Å²) in [4.78, 5) is 0. The van der Waals surface area contributed by atoms with E-state index in [-0.39, 0.29) is 12.8 Å². The Kier molecular flexibility index (Phi) is 3.56. The van der Waals surface area contributed by atoms with Crippen LogP contribution in [0.1, 0.15) is 37.1 Å². The van der Waals surface area contributed by atoms with E-state index < -0.39 is 0 Å². The number of nitrogens with zero attached hydrogens (tertiary/aromatic N) is 3. The van der Waals surface area contributed by atoms with Crippen molar-refractivity contribution < 1.29 is 9.47 Å². The third-order valence-corrected chi connectivity index (χ3v) is 3.32. The molecule has 2 heterocycles. The molecule has 0 saturated carbocycles. The van der Waals surface area contributed by atoms with Crippen LogP contribution < -0.4 is 15.2 Å². The van der Waals surface area contributed by atoms with Gasteiger partial charge in [-0.25, -0.2) is 4.68 Å². The lowest BCUT2D eigenvalue weighted by atomic mass is 10.1. The summed E-state index contributed by atoms with van der Waals surface area (Å²) in [6.45, 7) is 3.04. The molecule has 0 amide bonds. The van der Waals surface area contributed by atoms with E-state index in [9.17, 15) is 0 Å². The molecule has 1 aromatic carbocycles. The zero-order chi connectivity index (χ0) is 13.9. The second-order valence-electron chi connectivity index (χ2n) is 4.92. The SMILES string of the molecule is CCCC(N)c1cn(Cc2ccc3c(c2)OCO3)nn1. The van der Waals surface area contributed by atoms with Crippen LogP contribution >= 0.6 is 0 Å². The van der Waals surface area contributed by atoms with Crippen LogP contribution in [0.15, 0.2) is 24.4 Å². The maximum Gasteiger partial charge on any atom is 0.231 e. The van der Waals surface area contributed by atoms with E-state index in [1.54, 1.807) is 4.68 Å². The average Bonchev–Trinajstić information content (AvgIpc) is 3.07. The highest BCUT2D eigenvalue weighted by atomic mass is 16.7. The maximum absolute atomic E-state index is 6.03. The van der Waals surface area contributed by atoms with Crippen molar-refractivity contribution in [1.82, 2.24) is 15.0 Å². The summed E-state index contributed by atoms with van der Waals surface area (Å²) >= 11 is 0. The lowest BCUT2D eigenvalue weighted by Gasteiger charge is -2.05.